The number of carbonyl (C=O) groups is 1. The van der Waals surface area contributed by atoms with Crippen LogP contribution in [0.15, 0.2) is 30.4 Å². The number of nitrogens with zero attached hydrogens (tertiary/aromatic N) is 4. The first-order valence-electron chi connectivity index (χ1n) is 9.20. The summed E-state index contributed by atoms with van der Waals surface area (Å²) in [5.74, 6) is 0.255. The van der Waals surface area contributed by atoms with Gasteiger partial charge >= 0.3 is 0 Å². The number of rotatable bonds is 3. The number of carbonyl (C=O) groups excluding carboxylic acids is 1. The van der Waals surface area contributed by atoms with Crippen molar-refractivity contribution in [1.29, 1.82) is 0 Å². The topological polar surface area (TPSA) is 71.0 Å². The Morgan fingerprint density at radius 2 is 2.12 bits per heavy atom. The molecular weight excluding hydrogens is 346 g/mol. The van der Waals surface area contributed by atoms with Gasteiger partial charge in [-0.3, -0.25) is 4.79 Å². The zero-order valence-corrected chi connectivity index (χ0v) is 15.6. The van der Waals surface area contributed by atoms with Crippen molar-refractivity contribution in [3.05, 3.63) is 35.4 Å². The predicted molar refractivity (Wildman–Crippen MR) is 104 cm³/mol. The lowest BCUT2D eigenvalue weighted by molar-refractivity contribution is -0.121. The lowest BCUT2D eigenvalue weighted by Gasteiger charge is -2.27. The number of hydrogen-bond acceptors (Lipinski definition) is 6. The van der Waals surface area contributed by atoms with E-state index in [1.807, 2.05) is 25.1 Å². The quantitative estimate of drug-likeness (QED) is 0.768. The van der Waals surface area contributed by atoms with Gasteiger partial charge in [0, 0.05) is 23.1 Å². The van der Waals surface area contributed by atoms with Gasteiger partial charge in [0.2, 0.25) is 5.91 Å². The van der Waals surface area contributed by atoms with Crippen molar-refractivity contribution in [2.45, 2.75) is 19.8 Å². The van der Waals surface area contributed by atoms with Crippen LogP contribution in [0, 0.1) is 12.8 Å². The average molecular weight is 368 g/mol. The Balaban J connectivity index is 1.61. The molecule has 0 spiro atoms. The fraction of sp³-hybridized carbons (Fsp3) is 0.368. The predicted octanol–water partition coefficient (Wildman–Crippen LogP) is 3.34. The van der Waals surface area contributed by atoms with Crippen LogP contribution in [0.3, 0.4) is 0 Å². The van der Waals surface area contributed by atoms with Gasteiger partial charge in [0.15, 0.2) is 0 Å². The minimum absolute atomic E-state index is 0.0196. The van der Waals surface area contributed by atoms with Crippen LogP contribution in [0.5, 0.6) is 0 Å². The van der Waals surface area contributed by atoms with E-state index in [1.54, 1.807) is 6.20 Å². The molecule has 1 amide bonds. The Hall–Kier alpha value is -2.38. The molecule has 1 aliphatic heterocycles. The molecule has 4 rings (SSSR count). The molecule has 0 atom stereocenters. The summed E-state index contributed by atoms with van der Waals surface area (Å²) in [5.41, 5.74) is 0.917. The van der Waals surface area contributed by atoms with Crippen molar-refractivity contribution in [3.63, 3.8) is 0 Å². The zero-order chi connectivity index (χ0) is 19.0. The molecule has 3 aromatic rings. The van der Waals surface area contributed by atoms with Gasteiger partial charge in [-0.05, 0) is 57.4 Å². The normalized spacial score (nSPS) is 16.6. The molecular formula is C19H21N5OS. The summed E-state index contributed by atoms with van der Waals surface area (Å²) in [7, 11) is 2.07. The first kappa shape index (κ1) is 15.8. The number of benzene rings is 1. The van der Waals surface area contributed by atoms with Crippen molar-refractivity contribution in [3.8, 4) is 10.6 Å². The first-order valence-corrected chi connectivity index (χ1v) is 9.52. The van der Waals surface area contributed by atoms with E-state index in [0.29, 0.717) is 5.82 Å². The Bertz CT molecular complexity index is 997. The molecule has 2 aromatic heterocycles. The highest BCUT2D eigenvalue weighted by Gasteiger charge is 2.23. The van der Waals surface area contributed by atoms with Gasteiger partial charge in [0.05, 0.1) is 1.37 Å². The molecule has 0 radical (unpaired) electrons. The summed E-state index contributed by atoms with van der Waals surface area (Å²) in [6, 6.07) is 6.04. The van der Waals surface area contributed by atoms with Crippen LogP contribution in [-0.2, 0) is 4.79 Å². The molecule has 1 fully saturated rings. The Kier molecular flexibility index (Phi) is 4.32. The molecule has 7 heteroatoms. The van der Waals surface area contributed by atoms with E-state index in [4.69, 9.17) is 1.37 Å². The smallest absolute Gasteiger partial charge is 0.228 e. The number of anilines is 1. The highest BCUT2D eigenvalue weighted by molar-refractivity contribution is 7.14. The van der Waals surface area contributed by atoms with Gasteiger partial charge in [0.25, 0.3) is 0 Å². The second kappa shape index (κ2) is 7.09. The van der Waals surface area contributed by atoms with Crippen molar-refractivity contribution >= 4 is 33.8 Å². The summed E-state index contributed by atoms with van der Waals surface area (Å²) in [6.45, 7) is 3.75. The molecule has 0 aliphatic carbocycles. The fourth-order valence-electron chi connectivity index (χ4n) is 3.17. The van der Waals surface area contributed by atoms with Gasteiger partial charge in [0.1, 0.15) is 15.8 Å². The third-order valence-electron chi connectivity index (χ3n) is 4.74. The van der Waals surface area contributed by atoms with Gasteiger partial charge < -0.3 is 10.2 Å². The lowest BCUT2D eigenvalue weighted by atomic mass is 9.96. The Labute approximate surface area is 157 Å². The van der Waals surface area contributed by atoms with E-state index in [-0.39, 0.29) is 17.9 Å². The number of hydrogen-bond donors (Lipinski definition) is 1. The second-order valence-electron chi connectivity index (χ2n) is 6.73. The number of aryl methyl sites for hydroxylation is 1. The molecule has 0 unspecified atom stereocenters. The molecule has 134 valence electrons. The highest BCUT2D eigenvalue weighted by atomic mass is 32.1. The van der Waals surface area contributed by atoms with Gasteiger partial charge in [-0.15, -0.1) is 10.2 Å². The molecule has 0 bridgehead atoms. The van der Waals surface area contributed by atoms with Crippen LogP contribution in [0.25, 0.3) is 21.3 Å². The first-order chi connectivity index (χ1) is 13.0. The number of piperidine rings is 1. The molecule has 1 aromatic carbocycles. The molecule has 3 heterocycles. The van der Waals surface area contributed by atoms with E-state index in [2.05, 4.69) is 32.4 Å². The lowest BCUT2D eigenvalue weighted by Crippen LogP contribution is -2.36. The van der Waals surface area contributed by atoms with E-state index in [0.717, 1.165) is 52.3 Å². The number of likely N-dealkylation sites (tertiary alicyclic amines) is 1. The molecule has 1 N–H and O–H groups in total. The van der Waals surface area contributed by atoms with Gasteiger partial charge in [-0.2, -0.15) is 0 Å². The Morgan fingerprint density at radius 1 is 1.31 bits per heavy atom. The molecule has 1 saturated heterocycles. The van der Waals surface area contributed by atoms with Gasteiger partial charge in [-0.25, -0.2) is 4.98 Å². The minimum Gasteiger partial charge on any atom is -0.310 e. The van der Waals surface area contributed by atoms with E-state index in [1.165, 1.54) is 11.3 Å². The van der Waals surface area contributed by atoms with Crippen molar-refractivity contribution in [2.24, 2.45) is 5.92 Å². The number of nitrogens with one attached hydrogen (secondary N) is 1. The van der Waals surface area contributed by atoms with Crippen LogP contribution in [0.2, 0.25) is 0 Å². The summed E-state index contributed by atoms with van der Waals surface area (Å²) >= 11 is 1.52. The molecule has 6 nitrogen and oxygen atoms in total. The number of amides is 1. The van der Waals surface area contributed by atoms with Crippen LogP contribution in [0.4, 0.5) is 5.82 Å². The van der Waals surface area contributed by atoms with Crippen LogP contribution in [-0.4, -0.2) is 46.1 Å². The largest absolute Gasteiger partial charge is 0.310 e. The monoisotopic (exact) mass is 368 g/mol. The van der Waals surface area contributed by atoms with E-state index < -0.39 is 0 Å². The maximum Gasteiger partial charge on any atom is 0.228 e. The fourth-order valence-corrected chi connectivity index (χ4v) is 3.86. The van der Waals surface area contributed by atoms with Gasteiger partial charge in [-0.1, -0.05) is 23.5 Å². The zero-order valence-electron chi connectivity index (χ0n) is 15.8. The summed E-state index contributed by atoms with van der Waals surface area (Å²) < 4.78 is 8.53. The molecule has 0 saturated carbocycles. The SMILES string of the molecule is [2H]c1c(NC(=O)C2CCN(C)CC2)ncc2ccc(-c3nnc(C)s3)cc12. The highest BCUT2D eigenvalue weighted by Crippen LogP contribution is 2.28. The van der Waals surface area contributed by atoms with Crippen molar-refractivity contribution < 1.29 is 6.17 Å². The number of fused-ring (bicyclic) bond motifs is 1. The standard InChI is InChI=1S/C19H21N5OS/c1-12-22-23-19(26-12)14-3-4-15-11-20-17(10-16(15)9-14)21-18(25)13-5-7-24(2)8-6-13/h3-4,9-11,13H,5-8H2,1-2H3,(H,20,21,25)/i10D. The second-order valence-corrected chi connectivity index (χ2v) is 7.91. The number of pyridine rings is 1. The van der Waals surface area contributed by atoms with Crippen LogP contribution >= 0.6 is 11.3 Å². The van der Waals surface area contributed by atoms with E-state index in [9.17, 15) is 4.79 Å². The third kappa shape index (κ3) is 3.59. The number of aromatic nitrogens is 3. The molecule has 1 aliphatic rings. The summed E-state index contributed by atoms with van der Waals surface area (Å²) in [5, 5.41) is 14.4. The summed E-state index contributed by atoms with van der Waals surface area (Å²) in [6.07, 6.45) is 3.38. The maximum atomic E-state index is 12.6. The maximum absolute atomic E-state index is 12.6. The van der Waals surface area contributed by atoms with E-state index >= 15 is 0 Å². The Morgan fingerprint density at radius 3 is 2.85 bits per heavy atom. The molecule has 26 heavy (non-hydrogen) atoms. The third-order valence-corrected chi connectivity index (χ3v) is 5.63. The van der Waals surface area contributed by atoms with Crippen LogP contribution in [0.1, 0.15) is 19.2 Å². The average Bonchev–Trinajstić information content (AvgIpc) is 3.11. The van der Waals surface area contributed by atoms with Crippen molar-refractivity contribution in [1.82, 2.24) is 20.1 Å². The van der Waals surface area contributed by atoms with Crippen molar-refractivity contribution in [2.75, 3.05) is 25.5 Å². The summed E-state index contributed by atoms with van der Waals surface area (Å²) in [4.78, 5) is 19.1. The van der Waals surface area contributed by atoms with Crippen LogP contribution < -0.4 is 5.32 Å². The minimum atomic E-state index is -0.0423.